The Balaban J connectivity index is 1.73. The van der Waals surface area contributed by atoms with Crippen LogP contribution in [0, 0.1) is 13.8 Å². The van der Waals surface area contributed by atoms with Crippen LogP contribution < -0.4 is 14.3 Å². The van der Waals surface area contributed by atoms with Gasteiger partial charge in [-0.15, -0.1) is 0 Å². The molecule has 1 heterocycles. The molecule has 0 N–H and O–H groups in total. The largest absolute Gasteiger partial charge is 0.497 e. The Bertz CT molecular complexity index is 1420. The van der Waals surface area contributed by atoms with E-state index < -0.39 is 10.1 Å². The molecule has 0 saturated heterocycles. The summed E-state index contributed by atoms with van der Waals surface area (Å²) in [4.78, 5) is 13.2. The fraction of sp³-hybridized carbons (Fsp3) is 0.125. The normalized spacial score (nSPS) is 11.5. The van der Waals surface area contributed by atoms with E-state index in [4.69, 9.17) is 13.3 Å². The zero-order chi connectivity index (χ0) is 22.2. The van der Waals surface area contributed by atoms with Gasteiger partial charge in [0.25, 0.3) is 0 Å². The highest BCUT2D eigenvalue weighted by Crippen LogP contribution is 2.28. The second kappa shape index (κ2) is 7.92. The molecule has 31 heavy (non-hydrogen) atoms. The molecule has 0 aliphatic rings. The van der Waals surface area contributed by atoms with E-state index in [9.17, 15) is 13.2 Å². The van der Waals surface area contributed by atoms with Gasteiger partial charge in [-0.25, -0.2) is 0 Å². The van der Waals surface area contributed by atoms with Crippen LogP contribution in [0.25, 0.3) is 22.1 Å². The Morgan fingerprint density at radius 1 is 0.839 bits per heavy atom. The summed E-state index contributed by atoms with van der Waals surface area (Å²) in [5, 5.41) is 0.330. The van der Waals surface area contributed by atoms with Crippen LogP contribution in [0.1, 0.15) is 11.3 Å². The quantitative estimate of drug-likeness (QED) is 0.416. The molecule has 3 aromatic carbocycles. The van der Waals surface area contributed by atoms with E-state index in [0.717, 1.165) is 5.56 Å². The maximum atomic E-state index is 13.1. The van der Waals surface area contributed by atoms with Crippen molar-refractivity contribution in [2.45, 2.75) is 18.7 Å². The molecule has 4 rings (SSSR count). The lowest BCUT2D eigenvalue weighted by atomic mass is 10.0. The minimum absolute atomic E-state index is 0.0469. The highest BCUT2D eigenvalue weighted by molar-refractivity contribution is 7.87. The summed E-state index contributed by atoms with van der Waals surface area (Å²) in [6, 6.07) is 17.8. The molecule has 0 bridgehead atoms. The maximum absolute atomic E-state index is 13.1. The molecule has 0 aliphatic carbocycles. The maximum Gasteiger partial charge on any atom is 0.339 e. The van der Waals surface area contributed by atoms with Crippen LogP contribution in [0.2, 0.25) is 0 Å². The molecule has 0 aliphatic heterocycles. The number of ether oxygens (including phenoxy) is 1. The highest BCUT2D eigenvalue weighted by atomic mass is 32.2. The standard InChI is InChI=1S/C24H20O6S/c1-15-4-11-20(12-5-15)31(26,27)30-19-10-13-21-22(14-19)29-16(2)23(24(21)25)17-6-8-18(28-3)9-7-17/h4-14H,1-3H3. The first-order valence-corrected chi connectivity index (χ1v) is 10.9. The lowest BCUT2D eigenvalue weighted by molar-refractivity contribution is 0.415. The molecule has 0 unspecified atom stereocenters. The molecule has 4 aromatic rings. The predicted molar refractivity (Wildman–Crippen MR) is 118 cm³/mol. The van der Waals surface area contributed by atoms with Crippen LogP contribution in [0.5, 0.6) is 11.5 Å². The van der Waals surface area contributed by atoms with E-state index in [1.807, 2.05) is 6.92 Å². The zero-order valence-electron chi connectivity index (χ0n) is 17.2. The highest BCUT2D eigenvalue weighted by Gasteiger charge is 2.19. The molecular formula is C24H20O6S. The first-order valence-electron chi connectivity index (χ1n) is 9.51. The Morgan fingerprint density at radius 2 is 1.48 bits per heavy atom. The minimum atomic E-state index is -4.01. The summed E-state index contributed by atoms with van der Waals surface area (Å²) in [7, 11) is -2.44. The van der Waals surface area contributed by atoms with Gasteiger partial charge in [0.05, 0.1) is 18.1 Å². The van der Waals surface area contributed by atoms with Crippen LogP contribution in [0.3, 0.4) is 0 Å². The number of rotatable bonds is 5. The van der Waals surface area contributed by atoms with Gasteiger partial charge in [0.1, 0.15) is 27.7 Å². The zero-order valence-corrected chi connectivity index (χ0v) is 18.0. The van der Waals surface area contributed by atoms with Crippen molar-refractivity contribution in [3.8, 4) is 22.6 Å². The van der Waals surface area contributed by atoms with E-state index in [-0.39, 0.29) is 21.7 Å². The number of methoxy groups -OCH3 is 1. The Hall–Kier alpha value is -3.58. The molecule has 0 saturated carbocycles. The van der Waals surface area contributed by atoms with Crippen molar-refractivity contribution >= 4 is 21.1 Å². The lowest BCUT2D eigenvalue weighted by Gasteiger charge is -2.10. The van der Waals surface area contributed by atoms with E-state index in [0.29, 0.717) is 28.0 Å². The summed E-state index contributed by atoms with van der Waals surface area (Å²) < 4.78 is 41.4. The van der Waals surface area contributed by atoms with Crippen molar-refractivity contribution in [2.24, 2.45) is 0 Å². The summed E-state index contributed by atoms with van der Waals surface area (Å²) >= 11 is 0. The topological polar surface area (TPSA) is 82.8 Å². The van der Waals surface area contributed by atoms with Crippen molar-refractivity contribution in [1.29, 1.82) is 0 Å². The van der Waals surface area contributed by atoms with Gasteiger partial charge in [-0.3, -0.25) is 4.79 Å². The van der Waals surface area contributed by atoms with E-state index >= 15 is 0 Å². The van der Waals surface area contributed by atoms with Crippen molar-refractivity contribution in [3.05, 3.63) is 88.3 Å². The number of aryl methyl sites for hydroxylation is 2. The first kappa shape index (κ1) is 20.7. The third-order valence-electron chi connectivity index (χ3n) is 4.93. The monoisotopic (exact) mass is 436 g/mol. The second-order valence-corrected chi connectivity index (χ2v) is 8.65. The minimum Gasteiger partial charge on any atom is -0.497 e. The molecule has 6 nitrogen and oxygen atoms in total. The van der Waals surface area contributed by atoms with Crippen molar-refractivity contribution in [1.82, 2.24) is 0 Å². The third kappa shape index (κ3) is 4.04. The van der Waals surface area contributed by atoms with Crippen molar-refractivity contribution in [2.75, 3.05) is 7.11 Å². The lowest BCUT2D eigenvalue weighted by Crippen LogP contribution is -2.11. The summed E-state index contributed by atoms with van der Waals surface area (Å²) in [6.45, 7) is 3.56. The fourth-order valence-corrected chi connectivity index (χ4v) is 4.23. The Kier molecular flexibility index (Phi) is 5.29. The molecule has 7 heteroatoms. The van der Waals surface area contributed by atoms with Gasteiger partial charge in [-0.2, -0.15) is 8.42 Å². The van der Waals surface area contributed by atoms with Crippen LogP contribution >= 0.6 is 0 Å². The number of fused-ring (bicyclic) bond motifs is 1. The number of hydrogen-bond acceptors (Lipinski definition) is 6. The van der Waals surface area contributed by atoms with Gasteiger partial charge < -0.3 is 13.3 Å². The molecule has 0 radical (unpaired) electrons. The molecule has 0 fully saturated rings. The van der Waals surface area contributed by atoms with Crippen LogP contribution in [-0.2, 0) is 10.1 Å². The molecule has 0 spiro atoms. The summed E-state index contributed by atoms with van der Waals surface area (Å²) in [6.07, 6.45) is 0. The van der Waals surface area contributed by atoms with Crippen LogP contribution in [-0.4, -0.2) is 15.5 Å². The third-order valence-corrected chi connectivity index (χ3v) is 6.20. The Morgan fingerprint density at radius 3 is 2.13 bits per heavy atom. The predicted octanol–water partition coefficient (Wildman–Crippen LogP) is 4.85. The molecule has 0 atom stereocenters. The number of hydrogen-bond donors (Lipinski definition) is 0. The SMILES string of the molecule is COc1ccc(-c2c(C)oc3cc(OS(=O)(=O)c4ccc(C)cc4)ccc3c2=O)cc1. The van der Waals surface area contributed by atoms with Crippen molar-refractivity contribution < 1.29 is 21.8 Å². The smallest absolute Gasteiger partial charge is 0.339 e. The average molecular weight is 436 g/mol. The number of benzene rings is 3. The summed E-state index contributed by atoms with van der Waals surface area (Å²) in [5.41, 5.74) is 2.12. The fourth-order valence-electron chi connectivity index (χ4n) is 3.31. The Labute approximate surface area is 179 Å². The van der Waals surface area contributed by atoms with E-state index in [1.54, 1.807) is 50.4 Å². The van der Waals surface area contributed by atoms with Gasteiger partial charge in [0, 0.05) is 6.07 Å². The first-order chi connectivity index (χ1) is 14.8. The van der Waals surface area contributed by atoms with Crippen LogP contribution in [0.4, 0.5) is 0 Å². The van der Waals surface area contributed by atoms with Gasteiger partial charge in [-0.05, 0) is 55.8 Å². The van der Waals surface area contributed by atoms with Crippen molar-refractivity contribution in [3.63, 3.8) is 0 Å². The summed E-state index contributed by atoms with van der Waals surface area (Å²) in [5.74, 6) is 1.16. The second-order valence-electron chi connectivity index (χ2n) is 7.10. The molecule has 158 valence electrons. The van der Waals surface area contributed by atoms with Gasteiger partial charge in [-0.1, -0.05) is 29.8 Å². The van der Waals surface area contributed by atoms with Crippen LogP contribution in [0.15, 0.2) is 80.8 Å². The molecule has 0 amide bonds. The average Bonchev–Trinajstić information content (AvgIpc) is 2.74. The van der Waals surface area contributed by atoms with Gasteiger partial charge in [0.2, 0.25) is 5.43 Å². The van der Waals surface area contributed by atoms with E-state index in [2.05, 4.69) is 0 Å². The molecular weight excluding hydrogens is 416 g/mol. The van der Waals surface area contributed by atoms with E-state index in [1.165, 1.54) is 30.3 Å². The van der Waals surface area contributed by atoms with Gasteiger partial charge in [0.15, 0.2) is 0 Å². The molecule has 1 aromatic heterocycles. The van der Waals surface area contributed by atoms with Gasteiger partial charge >= 0.3 is 10.1 Å².